The van der Waals surface area contributed by atoms with Crippen LogP contribution in [0.1, 0.15) is 33.5 Å². The second-order valence-electron chi connectivity index (χ2n) is 12.2. The van der Waals surface area contributed by atoms with E-state index < -0.39 is 0 Å². The van der Waals surface area contributed by atoms with Crippen molar-refractivity contribution in [2.75, 3.05) is 0 Å². The number of hydrogen-bond acceptors (Lipinski definition) is 4. The Morgan fingerprint density at radius 1 is 0.653 bits per heavy atom. The van der Waals surface area contributed by atoms with Crippen LogP contribution in [0, 0.1) is 39.8 Å². The summed E-state index contributed by atoms with van der Waals surface area (Å²) in [5.41, 5.74) is 14.8. The van der Waals surface area contributed by atoms with Crippen molar-refractivity contribution >= 4 is 22.1 Å². The average Bonchev–Trinajstić information content (AvgIpc) is 3.48. The van der Waals surface area contributed by atoms with Crippen LogP contribution in [-0.4, -0.2) is 15.0 Å². The molecule has 4 nitrogen and oxygen atoms in total. The summed E-state index contributed by atoms with van der Waals surface area (Å²) in [6.07, 6.45) is 4.55. The first-order chi connectivity index (χ1) is 23.4. The van der Waals surface area contributed by atoms with Gasteiger partial charge in [-0.2, -0.15) is 0 Å². The van der Waals surface area contributed by atoms with Gasteiger partial charge in [0.2, 0.25) is 5.71 Å². The topological polar surface area (TPSA) is 51.8 Å². The van der Waals surface area contributed by atoms with E-state index in [1.165, 1.54) is 33.4 Å². The van der Waals surface area contributed by atoms with Crippen LogP contribution < -0.4 is 0 Å². The number of pyridine rings is 3. The van der Waals surface area contributed by atoms with Crippen LogP contribution in [0.25, 0.3) is 55.7 Å². The Hall–Kier alpha value is -5.22. The molecule has 0 unspecified atom stereocenters. The molecule has 4 aromatic heterocycles. The molecular weight excluding hydrogens is 779 g/mol. The summed E-state index contributed by atoms with van der Waals surface area (Å²) in [6, 6.07) is 45.4. The molecule has 0 saturated heterocycles. The normalized spacial score (nSPS) is 10.8. The van der Waals surface area contributed by atoms with Gasteiger partial charge in [0.15, 0.2) is 0 Å². The van der Waals surface area contributed by atoms with E-state index in [1.807, 2.05) is 66.9 Å². The van der Waals surface area contributed by atoms with Crippen LogP contribution in [0.2, 0.25) is 0 Å². The van der Waals surface area contributed by atoms with E-state index in [-0.39, 0.29) is 20.1 Å². The van der Waals surface area contributed by atoms with E-state index >= 15 is 0 Å². The molecule has 0 amide bonds. The standard InChI is InChI=1S/C33H27N2O.C11H8N.Ir/c1-20-15-22(3)31(23(4)16-20)29-19-34-30(17-21(29)2)28-12-8-11-26-27-14-13-25(35-33(27)36-32(26)28)18-24-9-6-5-7-10-24;1-2-6-10(7-3-1)11-8-4-5-9-12-11;/h5-11,13-17,19H,18H2,1-4H3;1-6,8-9H;/q2*-1;. The number of rotatable bonds is 5. The van der Waals surface area contributed by atoms with Gasteiger partial charge in [-0.1, -0.05) is 77.2 Å². The fraction of sp³-hybridized carbons (Fsp3) is 0.114. The number of nitrogens with zero attached hydrogens (tertiary/aromatic N) is 3. The first kappa shape index (κ1) is 33.7. The third-order valence-corrected chi connectivity index (χ3v) is 8.55. The van der Waals surface area contributed by atoms with Gasteiger partial charge in [-0.3, -0.25) is 0 Å². The summed E-state index contributed by atoms with van der Waals surface area (Å²) in [4.78, 5) is 13.9. The first-order valence-electron chi connectivity index (χ1n) is 16.1. The van der Waals surface area contributed by atoms with Gasteiger partial charge in [-0.05, 0) is 85.1 Å². The molecule has 0 N–H and O–H groups in total. The maximum atomic E-state index is 6.34. The monoisotopic (exact) mass is 814 g/mol. The SMILES string of the molecule is Cc1cc(C)c(-c2cnc(-c3[c-]ccc4c3oc3nc(Cc5ccccc5)ccc34)cc2C)c(C)c1.[Ir].[c-]1ccccc1-c1ccccn1. The van der Waals surface area contributed by atoms with Crippen LogP contribution in [0.5, 0.6) is 0 Å². The van der Waals surface area contributed by atoms with Crippen LogP contribution in [0.4, 0.5) is 0 Å². The molecule has 4 aromatic carbocycles. The van der Waals surface area contributed by atoms with E-state index in [0.717, 1.165) is 56.5 Å². The van der Waals surface area contributed by atoms with Crippen molar-refractivity contribution in [3.05, 3.63) is 173 Å². The van der Waals surface area contributed by atoms with Crippen LogP contribution >= 0.6 is 0 Å². The van der Waals surface area contributed by atoms with Crippen molar-refractivity contribution in [2.24, 2.45) is 0 Å². The van der Waals surface area contributed by atoms with E-state index in [9.17, 15) is 0 Å². The summed E-state index contributed by atoms with van der Waals surface area (Å²) in [5.74, 6) is 0. The molecule has 1 radical (unpaired) electrons. The summed E-state index contributed by atoms with van der Waals surface area (Å²) < 4.78 is 6.34. The third-order valence-electron chi connectivity index (χ3n) is 8.55. The number of furan rings is 1. The molecule has 4 heterocycles. The number of hydrogen-bond donors (Lipinski definition) is 0. The Morgan fingerprint density at radius 3 is 2.14 bits per heavy atom. The molecule has 8 aromatic rings. The minimum Gasteiger partial charge on any atom is -0.486 e. The summed E-state index contributed by atoms with van der Waals surface area (Å²) >= 11 is 0. The molecule has 5 heteroatoms. The molecule has 49 heavy (non-hydrogen) atoms. The van der Waals surface area contributed by atoms with E-state index in [1.54, 1.807) is 6.20 Å². The predicted octanol–water partition coefficient (Wildman–Crippen LogP) is 10.9. The molecule has 0 atom stereocenters. The maximum absolute atomic E-state index is 6.34. The van der Waals surface area contributed by atoms with Crippen LogP contribution in [0.15, 0.2) is 132 Å². The Labute approximate surface area is 301 Å². The molecule has 0 aliphatic rings. The largest absolute Gasteiger partial charge is 0.486 e. The van der Waals surface area contributed by atoms with Gasteiger partial charge >= 0.3 is 0 Å². The Bertz CT molecular complexity index is 2290. The molecule has 0 aliphatic heterocycles. The number of fused-ring (bicyclic) bond motifs is 3. The zero-order chi connectivity index (χ0) is 33.0. The quantitative estimate of drug-likeness (QED) is 0.162. The van der Waals surface area contributed by atoms with Gasteiger partial charge < -0.3 is 14.4 Å². The maximum Gasteiger partial charge on any atom is 0.216 e. The zero-order valence-electron chi connectivity index (χ0n) is 27.9. The van der Waals surface area contributed by atoms with Gasteiger partial charge in [0.05, 0.1) is 5.58 Å². The third kappa shape index (κ3) is 7.29. The average molecular weight is 814 g/mol. The van der Waals surface area contributed by atoms with Gasteiger partial charge in [-0.25, -0.2) is 4.98 Å². The molecular formula is C44H35IrN3O-2. The molecule has 0 aliphatic carbocycles. The van der Waals surface area contributed by atoms with E-state index in [4.69, 9.17) is 14.4 Å². The minimum absolute atomic E-state index is 0. The smallest absolute Gasteiger partial charge is 0.216 e. The summed E-state index contributed by atoms with van der Waals surface area (Å²) in [7, 11) is 0. The van der Waals surface area contributed by atoms with Gasteiger partial charge in [0, 0.05) is 55.6 Å². The molecule has 0 saturated carbocycles. The predicted molar refractivity (Wildman–Crippen MR) is 196 cm³/mol. The minimum atomic E-state index is 0. The van der Waals surface area contributed by atoms with Crippen molar-refractivity contribution in [1.82, 2.24) is 15.0 Å². The molecule has 0 bridgehead atoms. The van der Waals surface area contributed by atoms with Crippen molar-refractivity contribution in [3.63, 3.8) is 0 Å². The Morgan fingerprint density at radius 2 is 1.43 bits per heavy atom. The Balaban J connectivity index is 0.000000270. The molecule has 243 valence electrons. The number of aryl methyl sites for hydroxylation is 4. The van der Waals surface area contributed by atoms with Crippen molar-refractivity contribution in [3.8, 4) is 33.6 Å². The van der Waals surface area contributed by atoms with Crippen molar-refractivity contribution in [2.45, 2.75) is 34.1 Å². The molecule has 0 fully saturated rings. The van der Waals surface area contributed by atoms with Gasteiger partial charge in [0.1, 0.15) is 0 Å². The zero-order valence-corrected chi connectivity index (χ0v) is 30.3. The summed E-state index contributed by atoms with van der Waals surface area (Å²) in [6.45, 7) is 8.63. The van der Waals surface area contributed by atoms with Crippen LogP contribution in [-0.2, 0) is 26.5 Å². The Kier molecular flexibility index (Phi) is 10.2. The van der Waals surface area contributed by atoms with Crippen molar-refractivity contribution in [1.29, 1.82) is 0 Å². The molecule has 8 rings (SSSR count). The second kappa shape index (κ2) is 14.9. The summed E-state index contributed by atoms with van der Waals surface area (Å²) in [5, 5.41) is 2.04. The second-order valence-corrected chi connectivity index (χ2v) is 12.2. The van der Waals surface area contributed by atoms with E-state index in [2.05, 4.69) is 99.4 Å². The fourth-order valence-electron chi connectivity index (χ4n) is 6.39. The number of aromatic nitrogens is 3. The van der Waals surface area contributed by atoms with Gasteiger partial charge in [-0.15, -0.1) is 54.1 Å². The first-order valence-corrected chi connectivity index (χ1v) is 16.1. The molecule has 0 spiro atoms. The fourth-order valence-corrected chi connectivity index (χ4v) is 6.39. The van der Waals surface area contributed by atoms with E-state index in [0.29, 0.717) is 5.71 Å². The number of benzene rings is 4. The van der Waals surface area contributed by atoms with Crippen LogP contribution in [0.3, 0.4) is 0 Å². The van der Waals surface area contributed by atoms with Crippen molar-refractivity contribution < 1.29 is 24.5 Å². The van der Waals surface area contributed by atoms with Gasteiger partial charge in [0.25, 0.3) is 0 Å².